The molecule has 1 atom stereocenters. The molecule has 142 valence electrons. The van der Waals surface area contributed by atoms with Gasteiger partial charge in [0.25, 0.3) is 5.56 Å². The second kappa shape index (κ2) is 7.09. The zero-order valence-electron chi connectivity index (χ0n) is 15.6. The van der Waals surface area contributed by atoms with Crippen LogP contribution in [0.5, 0.6) is 0 Å². The third kappa shape index (κ3) is 4.23. The Hall–Kier alpha value is -2.38. The first-order chi connectivity index (χ1) is 12.2. The number of piperazine rings is 1. The zero-order valence-corrected chi connectivity index (χ0v) is 15.6. The van der Waals surface area contributed by atoms with Crippen molar-refractivity contribution in [2.45, 2.75) is 45.6 Å². The standard InChI is InChI=1S/C18H26N4O4/c1-18(2,3)26-17(25)22-8-6-21(7-9-22)16(24)12-4-5-14-13(10-12)11-15(23)20-19-14/h11-12H,4-10H2,1-3H3,(H,20,23)/t12-/m1/s1. The smallest absolute Gasteiger partial charge is 0.410 e. The molecule has 0 bridgehead atoms. The van der Waals surface area contributed by atoms with Crippen molar-refractivity contribution in [3.05, 3.63) is 27.7 Å². The van der Waals surface area contributed by atoms with Crippen LogP contribution in [0.25, 0.3) is 0 Å². The molecular weight excluding hydrogens is 336 g/mol. The number of H-pyrrole nitrogens is 1. The van der Waals surface area contributed by atoms with E-state index in [0.29, 0.717) is 39.0 Å². The third-order valence-corrected chi connectivity index (χ3v) is 4.77. The van der Waals surface area contributed by atoms with E-state index < -0.39 is 5.60 Å². The van der Waals surface area contributed by atoms with Crippen molar-refractivity contribution in [2.75, 3.05) is 26.2 Å². The van der Waals surface area contributed by atoms with Crippen molar-refractivity contribution >= 4 is 12.0 Å². The van der Waals surface area contributed by atoms with Gasteiger partial charge in [-0.1, -0.05) is 0 Å². The maximum Gasteiger partial charge on any atom is 0.410 e. The van der Waals surface area contributed by atoms with Gasteiger partial charge in [-0.05, 0) is 45.6 Å². The minimum atomic E-state index is -0.522. The van der Waals surface area contributed by atoms with Crippen LogP contribution in [0.4, 0.5) is 4.79 Å². The van der Waals surface area contributed by atoms with Crippen LogP contribution in [0.2, 0.25) is 0 Å². The first-order valence-corrected chi connectivity index (χ1v) is 9.07. The maximum absolute atomic E-state index is 12.8. The van der Waals surface area contributed by atoms with Crippen molar-refractivity contribution in [2.24, 2.45) is 5.92 Å². The largest absolute Gasteiger partial charge is 0.444 e. The van der Waals surface area contributed by atoms with Crippen molar-refractivity contribution < 1.29 is 14.3 Å². The van der Waals surface area contributed by atoms with Crippen LogP contribution in [-0.4, -0.2) is 63.8 Å². The highest BCUT2D eigenvalue weighted by Crippen LogP contribution is 2.25. The number of hydrogen-bond donors (Lipinski definition) is 1. The van der Waals surface area contributed by atoms with Gasteiger partial charge in [0, 0.05) is 38.2 Å². The molecule has 3 rings (SSSR count). The molecule has 0 saturated carbocycles. The minimum absolute atomic E-state index is 0.0970. The lowest BCUT2D eigenvalue weighted by atomic mass is 9.86. The van der Waals surface area contributed by atoms with Crippen LogP contribution in [-0.2, 0) is 22.4 Å². The highest BCUT2D eigenvalue weighted by molar-refractivity contribution is 5.80. The molecule has 1 aromatic rings. The molecule has 1 N–H and O–H groups in total. The normalized spacial score (nSPS) is 20.5. The number of aromatic amines is 1. The number of carbonyl (C=O) groups excluding carboxylic acids is 2. The molecular formula is C18H26N4O4. The first kappa shape index (κ1) is 18.4. The number of nitrogens with zero attached hydrogens (tertiary/aromatic N) is 3. The molecule has 8 heteroatoms. The zero-order chi connectivity index (χ0) is 18.9. The molecule has 1 saturated heterocycles. The Bertz CT molecular complexity index is 744. The van der Waals surface area contributed by atoms with E-state index in [1.54, 1.807) is 11.0 Å². The summed E-state index contributed by atoms with van der Waals surface area (Å²) in [6, 6.07) is 1.54. The highest BCUT2D eigenvalue weighted by atomic mass is 16.6. The Morgan fingerprint density at radius 3 is 2.50 bits per heavy atom. The van der Waals surface area contributed by atoms with Crippen LogP contribution < -0.4 is 5.56 Å². The SMILES string of the molecule is CC(C)(C)OC(=O)N1CCN(C(=O)[C@@H]2CCc3n[nH]c(=O)cc3C2)CC1. The van der Waals surface area contributed by atoms with Gasteiger partial charge in [-0.15, -0.1) is 0 Å². The Morgan fingerprint density at radius 2 is 1.85 bits per heavy atom. The van der Waals surface area contributed by atoms with Gasteiger partial charge in [-0.25, -0.2) is 9.89 Å². The predicted octanol–water partition coefficient (Wildman–Crippen LogP) is 0.954. The Balaban J connectivity index is 1.56. The summed E-state index contributed by atoms with van der Waals surface area (Å²) in [6.45, 7) is 7.49. The lowest BCUT2D eigenvalue weighted by Crippen LogP contribution is -2.53. The molecule has 0 aromatic carbocycles. The molecule has 8 nitrogen and oxygen atoms in total. The van der Waals surface area contributed by atoms with Crippen molar-refractivity contribution in [1.29, 1.82) is 0 Å². The minimum Gasteiger partial charge on any atom is -0.444 e. The average Bonchev–Trinajstić information content (AvgIpc) is 2.59. The number of aromatic nitrogens is 2. The monoisotopic (exact) mass is 362 g/mol. The number of hydrogen-bond acceptors (Lipinski definition) is 5. The maximum atomic E-state index is 12.8. The summed E-state index contributed by atoms with van der Waals surface area (Å²) in [7, 11) is 0. The summed E-state index contributed by atoms with van der Waals surface area (Å²) >= 11 is 0. The number of amides is 2. The van der Waals surface area contributed by atoms with Gasteiger partial charge >= 0.3 is 6.09 Å². The topological polar surface area (TPSA) is 95.6 Å². The number of nitrogens with one attached hydrogen (secondary N) is 1. The van der Waals surface area contributed by atoms with E-state index >= 15 is 0 Å². The van der Waals surface area contributed by atoms with E-state index in [1.165, 1.54) is 0 Å². The number of aryl methyl sites for hydroxylation is 1. The molecule has 1 aliphatic heterocycles. The molecule has 0 unspecified atom stereocenters. The van der Waals surface area contributed by atoms with E-state index in [2.05, 4.69) is 10.2 Å². The van der Waals surface area contributed by atoms with Crippen LogP contribution in [0, 0.1) is 5.92 Å². The van der Waals surface area contributed by atoms with E-state index in [4.69, 9.17) is 4.74 Å². The van der Waals surface area contributed by atoms with Crippen molar-refractivity contribution in [3.8, 4) is 0 Å². The fourth-order valence-corrected chi connectivity index (χ4v) is 3.44. The molecule has 2 amide bonds. The van der Waals surface area contributed by atoms with E-state index in [1.807, 2.05) is 25.7 Å². The molecule has 1 aliphatic carbocycles. The van der Waals surface area contributed by atoms with Gasteiger partial charge in [0.15, 0.2) is 0 Å². The van der Waals surface area contributed by atoms with Gasteiger partial charge in [0.1, 0.15) is 5.60 Å². The summed E-state index contributed by atoms with van der Waals surface area (Å²) in [4.78, 5) is 39.9. The molecule has 2 heterocycles. The summed E-state index contributed by atoms with van der Waals surface area (Å²) < 4.78 is 5.38. The first-order valence-electron chi connectivity index (χ1n) is 9.07. The van der Waals surface area contributed by atoms with Crippen molar-refractivity contribution in [1.82, 2.24) is 20.0 Å². The summed E-state index contributed by atoms with van der Waals surface area (Å²) in [6.07, 6.45) is 1.65. The second-order valence-electron chi connectivity index (χ2n) is 7.94. The predicted molar refractivity (Wildman–Crippen MR) is 94.8 cm³/mol. The number of fused-ring (bicyclic) bond motifs is 1. The van der Waals surface area contributed by atoms with Gasteiger partial charge in [0.05, 0.1) is 5.69 Å². The summed E-state index contributed by atoms with van der Waals surface area (Å²) in [5.74, 6) is -0.0288. The molecule has 0 spiro atoms. The molecule has 1 fully saturated rings. The molecule has 1 aromatic heterocycles. The van der Waals surface area contributed by atoms with Crippen molar-refractivity contribution in [3.63, 3.8) is 0 Å². The fraction of sp³-hybridized carbons (Fsp3) is 0.667. The number of rotatable bonds is 1. The quantitative estimate of drug-likeness (QED) is 0.803. The summed E-state index contributed by atoms with van der Waals surface area (Å²) in [5.41, 5.74) is 0.989. The highest BCUT2D eigenvalue weighted by Gasteiger charge is 2.32. The lowest BCUT2D eigenvalue weighted by molar-refractivity contribution is -0.137. The van der Waals surface area contributed by atoms with Crippen LogP contribution >= 0.6 is 0 Å². The number of ether oxygens (including phenoxy) is 1. The van der Waals surface area contributed by atoms with E-state index in [9.17, 15) is 14.4 Å². The van der Waals surface area contributed by atoms with Crippen LogP contribution in [0.1, 0.15) is 38.4 Å². The average molecular weight is 362 g/mol. The summed E-state index contributed by atoms with van der Waals surface area (Å²) in [5, 5.41) is 6.51. The Kier molecular flexibility index (Phi) is 5.02. The fourth-order valence-electron chi connectivity index (χ4n) is 3.44. The van der Waals surface area contributed by atoms with Crippen LogP contribution in [0.3, 0.4) is 0 Å². The Morgan fingerprint density at radius 1 is 1.19 bits per heavy atom. The van der Waals surface area contributed by atoms with Gasteiger partial charge < -0.3 is 14.5 Å². The van der Waals surface area contributed by atoms with Gasteiger partial charge in [-0.3, -0.25) is 9.59 Å². The van der Waals surface area contributed by atoms with E-state index in [-0.39, 0.29) is 23.5 Å². The number of carbonyl (C=O) groups is 2. The third-order valence-electron chi connectivity index (χ3n) is 4.77. The second-order valence-corrected chi connectivity index (χ2v) is 7.94. The molecule has 26 heavy (non-hydrogen) atoms. The van der Waals surface area contributed by atoms with Gasteiger partial charge in [-0.2, -0.15) is 5.10 Å². The lowest BCUT2D eigenvalue weighted by Gasteiger charge is -2.37. The van der Waals surface area contributed by atoms with Crippen LogP contribution in [0.15, 0.2) is 10.9 Å². The van der Waals surface area contributed by atoms with Gasteiger partial charge in [0.2, 0.25) is 5.91 Å². The molecule has 2 aliphatic rings. The van der Waals surface area contributed by atoms with E-state index in [0.717, 1.165) is 17.7 Å². The molecule has 0 radical (unpaired) electrons. The Labute approximate surface area is 152 Å².